The fourth-order valence-electron chi connectivity index (χ4n) is 6.04. The molecule has 15 nitrogen and oxygen atoms in total. The molecule has 52 heavy (non-hydrogen) atoms. The Morgan fingerprint density at radius 3 is 1.87 bits per heavy atom. The number of hydrogen-bond acceptors (Lipinski definition) is 10. The number of para-hydroxylation sites is 1. The third-order valence-corrected chi connectivity index (χ3v) is 8.65. The second-order valence-electron chi connectivity index (χ2n) is 13.4. The average molecular weight is 718 g/mol. The van der Waals surface area contributed by atoms with Crippen LogP contribution in [0.4, 0.5) is 5.82 Å². The van der Waals surface area contributed by atoms with Gasteiger partial charge in [0.05, 0.1) is 29.7 Å². The SMILES string of the molecule is CCN(Cc1nc2c(N)nc3ccccc3c2n1CC(C)(C)O)C(=O)CCCCCN1C(=O)C=CC1=O.O=C(O)CCCCCN1C(=O)C=CC1=O. The molecule has 3 aromatic rings. The standard InChI is InChI=1S/C27H34N6O4.C10H13NO4/c1-4-31(21(34)12-6-5-9-15-32-22(35)13-14-23(32)36)16-20-30-24-25(33(20)17-27(2,3)37)18-10-7-8-11-19(18)29-26(24)28;12-8-5-6-9(13)11(8)7-3-1-2-4-10(14)15/h7-8,10-11,13-14,37H,4-6,9,12,15-17H2,1-3H3,(H2,28,29);5-6H,1-4,7H2,(H,14,15). The van der Waals surface area contributed by atoms with Crippen LogP contribution in [0.1, 0.15) is 78.0 Å². The van der Waals surface area contributed by atoms with Gasteiger partial charge in [-0.1, -0.05) is 31.0 Å². The lowest BCUT2D eigenvalue weighted by molar-refractivity contribution is -0.138. The van der Waals surface area contributed by atoms with Gasteiger partial charge in [-0.3, -0.25) is 38.6 Å². The van der Waals surface area contributed by atoms with E-state index in [1.54, 1.807) is 18.7 Å². The molecule has 0 spiro atoms. The smallest absolute Gasteiger partial charge is 0.303 e. The van der Waals surface area contributed by atoms with Crippen molar-refractivity contribution in [2.45, 2.75) is 90.8 Å². The Morgan fingerprint density at radius 2 is 1.35 bits per heavy atom. The highest BCUT2D eigenvalue weighted by molar-refractivity contribution is 6.13. The first-order valence-electron chi connectivity index (χ1n) is 17.5. The number of imidazole rings is 1. The maximum absolute atomic E-state index is 13.1. The molecule has 0 aliphatic carbocycles. The average Bonchev–Trinajstić information content (AvgIpc) is 3.72. The lowest BCUT2D eigenvalue weighted by Gasteiger charge is -2.24. The molecule has 0 saturated heterocycles. The summed E-state index contributed by atoms with van der Waals surface area (Å²) in [6, 6.07) is 7.67. The van der Waals surface area contributed by atoms with Crippen molar-refractivity contribution in [1.82, 2.24) is 29.2 Å². The number of carbonyl (C=O) groups is 6. The monoisotopic (exact) mass is 717 g/mol. The molecule has 2 aliphatic heterocycles. The minimum Gasteiger partial charge on any atom is -0.481 e. The lowest BCUT2D eigenvalue weighted by atomic mass is 10.1. The molecule has 15 heteroatoms. The first-order chi connectivity index (χ1) is 24.7. The van der Waals surface area contributed by atoms with Crippen LogP contribution in [0.25, 0.3) is 21.9 Å². The van der Waals surface area contributed by atoms with Gasteiger partial charge in [0.25, 0.3) is 23.6 Å². The highest BCUT2D eigenvalue weighted by Gasteiger charge is 2.26. The molecule has 278 valence electrons. The Balaban J connectivity index is 0.000000338. The number of nitrogens with zero attached hydrogens (tertiary/aromatic N) is 6. The highest BCUT2D eigenvalue weighted by Crippen LogP contribution is 2.30. The zero-order valence-electron chi connectivity index (χ0n) is 29.9. The van der Waals surface area contributed by atoms with Crippen molar-refractivity contribution in [3.05, 3.63) is 54.4 Å². The molecule has 2 aromatic heterocycles. The summed E-state index contributed by atoms with van der Waals surface area (Å²) in [4.78, 5) is 82.1. The van der Waals surface area contributed by atoms with E-state index in [9.17, 15) is 33.9 Å². The van der Waals surface area contributed by atoms with Gasteiger partial charge >= 0.3 is 5.97 Å². The number of anilines is 1. The van der Waals surface area contributed by atoms with Crippen LogP contribution in [0, 0.1) is 0 Å². The number of carbonyl (C=O) groups excluding carboxylic acids is 5. The number of nitrogen functional groups attached to an aromatic ring is 1. The Bertz CT molecular complexity index is 1860. The third-order valence-electron chi connectivity index (χ3n) is 8.65. The zero-order valence-corrected chi connectivity index (χ0v) is 29.9. The minimum atomic E-state index is -1.02. The molecule has 0 fully saturated rings. The highest BCUT2D eigenvalue weighted by atomic mass is 16.4. The van der Waals surface area contributed by atoms with Crippen molar-refractivity contribution in [3.63, 3.8) is 0 Å². The van der Waals surface area contributed by atoms with Gasteiger partial charge in [0, 0.05) is 62.2 Å². The molecule has 4 heterocycles. The van der Waals surface area contributed by atoms with Crippen LogP contribution in [0.2, 0.25) is 0 Å². The molecule has 4 N–H and O–H groups in total. The number of hydrogen-bond donors (Lipinski definition) is 3. The number of unbranched alkanes of at least 4 members (excludes halogenated alkanes) is 4. The second kappa shape index (κ2) is 17.7. The van der Waals surface area contributed by atoms with Gasteiger partial charge in [-0.2, -0.15) is 0 Å². The summed E-state index contributed by atoms with van der Waals surface area (Å²) in [5, 5.41) is 19.9. The van der Waals surface area contributed by atoms with Gasteiger partial charge in [0.2, 0.25) is 5.91 Å². The molecule has 1 aromatic carbocycles. The first-order valence-corrected chi connectivity index (χ1v) is 17.5. The second-order valence-corrected chi connectivity index (χ2v) is 13.4. The van der Waals surface area contributed by atoms with E-state index < -0.39 is 11.6 Å². The van der Waals surface area contributed by atoms with Gasteiger partial charge in [-0.05, 0) is 52.5 Å². The molecule has 0 unspecified atom stereocenters. The topological polar surface area (TPSA) is 209 Å². The number of aliphatic carboxylic acids is 1. The van der Waals surface area contributed by atoms with Crippen LogP contribution < -0.4 is 5.73 Å². The van der Waals surface area contributed by atoms with E-state index in [2.05, 4.69) is 4.98 Å². The minimum absolute atomic E-state index is 0.00434. The van der Waals surface area contributed by atoms with E-state index in [1.807, 2.05) is 35.8 Å². The van der Waals surface area contributed by atoms with Crippen molar-refractivity contribution in [3.8, 4) is 0 Å². The fraction of sp³-hybridized carbons (Fsp3) is 0.459. The van der Waals surface area contributed by atoms with E-state index in [-0.39, 0.29) is 49.0 Å². The van der Waals surface area contributed by atoms with Crippen LogP contribution in [0.3, 0.4) is 0 Å². The van der Waals surface area contributed by atoms with Crippen molar-refractivity contribution < 1.29 is 39.0 Å². The molecule has 5 rings (SSSR count). The maximum atomic E-state index is 13.1. The first kappa shape index (κ1) is 39.3. The van der Waals surface area contributed by atoms with E-state index in [4.69, 9.17) is 15.8 Å². The number of benzene rings is 1. The Hall–Kier alpha value is -5.44. The number of aromatic nitrogens is 3. The molecule has 2 aliphatic rings. The van der Waals surface area contributed by atoms with Gasteiger partial charge in [0.1, 0.15) is 11.3 Å². The van der Waals surface area contributed by atoms with Gasteiger partial charge in [-0.25, -0.2) is 9.97 Å². The Morgan fingerprint density at radius 1 is 0.808 bits per heavy atom. The number of aliphatic hydroxyl groups is 1. The summed E-state index contributed by atoms with van der Waals surface area (Å²) in [6.07, 6.45) is 9.54. The fourth-order valence-corrected chi connectivity index (χ4v) is 6.04. The Labute approximate surface area is 301 Å². The molecule has 0 radical (unpaired) electrons. The summed E-state index contributed by atoms with van der Waals surface area (Å²) in [7, 11) is 0. The van der Waals surface area contributed by atoms with Crippen molar-refractivity contribution in [2.75, 3.05) is 25.4 Å². The van der Waals surface area contributed by atoms with Gasteiger partial charge in [-0.15, -0.1) is 0 Å². The summed E-state index contributed by atoms with van der Waals surface area (Å²) in [5.74, 6) is -0.997. The third kappa shape index (κ3) is 10.3. The van der Waals surface area contributed by atoms with E-state index in [0.29, 0.717) is 75.3 Å². The molecule has 5 amide bonds. The van der Waals surface area contributed by atoms with E-state index in [1.165, 1.54) is 34.1 Å². The van der Waals surface area contributed by atoms with Crippen molar-refractivity contribution >= 4 is 63.3 Å². The summed E-state index contributed by atoms with van der Waals surface area (Å²) < 4.78 is 1.95. The maximum Gasteiger partial charge on any atom is 0.303 e. The molecular formula is C37H47N7O8. The van der Waals surface area contributed by atoms with E-state index in [0.717, 1.165) is 22.8 Å². The molecule has 0 bridgehead atoms. The summed E-state index contributed by atoms with van der Waals surface area (Å²) in [5.41, 5.74) is 7.35. The van der Waals surface area contributed by atoms with Crippen LogP contribution in [0.15, 0.2) is 48.6 Å². The number of imide groups is 2. The Kier molecular flexibility index (Phi) is 13.4. The summed E-state index contributed by atoms with van der Waals surface area (Å²) >= 11 is 0. The van der Waals surface area contributed by atoms with E-state index >= 15 is 0 Å². The zero-order chi connectivity index (χ0) is 38.0. The number of rotatable bonds is 17. The number of amides is 5. The number of fused-ring (bicyclic) bond motifs is 3. The largest absolute Gasteiger partial charge is 0.481 e. The number of pyridine rings is 1. The van der Waals surface area contributed by atoms with Gasteiger partial charge in [0.15, 0.2) is 5.82 Å². The lowest BCUT2D eigenvalue weighted by Crippen LogP contribution is -2.33. The number of carboxylic acid groups (broad SMARTS) is 1. The van der Waals surface area contributed by atoms with Crippen LogP contribution >= 0.6 is 0 Å². The molecule has 0 saturated carbocycles. The van der Waals surface area contributed by atoms with Crippen LogP contribution in [-0.4, -0.2) is 100 Å². The predicted molar refractivity (Wildman–Crippen MR) is 193 cm³/mol. The summed E-state index contributed by atoms with van der Waals surface area (Å²) in [6.45, 7) is 7.18. The molecule has 0 atom stereocenters. The van der Waals surface area contributed by atoms with Crippen LogP contribution in [0.5, 0.6) is 0 Å². The number of carboxylic acids is 1. The predicted octanol–water partition coefficient (Wildman–Crippen LogP) is 3.33. The van der Waals surface area contributed by atoms with Crippen molar-refractivity contribution in [1.29, 1.82) is 0 Å². The van der Waals surface area contributed by atoms with Crippen molar-refractivity contribution in [2.24, 2.45) is 0 Å². The molecular weight excluding hydrogens is 670 g/mol. The van der Waals surface area contributed by atoms with Gasteiger partial charge < -0.3 is 25.4 Å². The normalized spacial score (nSPS) is 14.2. The van der Waals surface area contributed by atoms with Crippen LogP contribution in [-0.2, 0) is 41.9 Å². The quantitative estimate of drug-likeness (QED) is 0.136. The number of nitrogens with two attached hydrogens (primary N) is 1.